The summed E-state index contributed by atoms with van der Waals surface area (Å²) in [6, 6.07) is 12.6. The lowest BCUT2D eigenvalue weighted by molar-refractivity contribution is -0.156. The van der Waals surface area contributed by atoms with Gasteiger partial charge in [-0.1, -0.05) is 36.4 Å². The zero-order valence-electron chi connectivity index (χ0n) is 15.4. The van der Waals surface area contributed by atoms with Gasteiger partial charge in [0.2, 0.25) is 6.10 Å². The molecule has 2 aromatic heterocycles. The van der Waals surface area contributed by atoms with Gasteiger partial charge in [0, 0.05) is 11.6 Å². The Kier molecular flexibility index (Phi) is 5.57. The van der Waals surface area contributed by atoms with Crippen molar-refractivity contribution in [1.29, 1.82) is 0 Å². The SMILES string of the molecule is O=C(CCn1nc(-c2cccs2)oc1=O)OC(C(=O)NC1CC1)c1ccccc1. The number of benzene rings is 1. The standard InChI is InChI=1S/C20H19N3O5S/c24-16(10-11-23-20(26)28-19(22-23)15-7-4-12-29-15)27-17(13-5-2-1-3-6-13)18(25)21-14-8-9-14/h1-7,12,14,17H,8-11H2,(H,21,25). The first-order chi connectivity index (χ1) is 14.1. The number of amides is 1. The number of aryl methyl sites for hydroxylation is 1. The predicted octanol–water partition coefficient (Wildman–Crippen LogP) is 2.52. The minimum Gasteiger partial charge on any atom is -0.447 e. The van der Waals surface area contributed by atoms with Crippen molar-refractivity contribution >= 4 is 23.2 Å². The van der Waals surface area contributed by atoms with E-state index in [-0.39, 0.29) is 30.8 Å². The fourth-order valence-corrected chi connectivity index (χ4v) is 3.38. The number of nitrogens with zero attached hydrogens (tertiary/aromatic N) is 2. The van der Waals surface area contributed by atoms with Crippen LogP contribution in [0, 0.1) is 0 Å². The van der Waals surface area contributed by atoms with E-state index in [1.54, 1.807) is 30.3 Å². The molecule has 3 aromatic rings. The molecule has 9 heteroatoms. The van der Waals surface area contributed by atoms with Gasteiger partial charge in [-0.05, 0) is 24.3 Å². The van der Waals surface area contributed by atoms with Crippen LogP contribution in [0.1, 0.15) is 30.9 Å². The van der Waals surface area contributed by atoms with Gasteiger partial charge >= 0.3 is 11.7 Å². The van der Waals surface area contributed by atoms with Gasteiger partial charge in [0.05, 0.1) is 17.8 Å². The summed E-state index contributed by atoms with van der Waals surface area (Å²) < 4.78 is 11.6. The average Bonchev–Trinajstić information content (AvgIpc) is 3.22. The van der Waals surface area contributed by atoms with Gasteiger partial charge in [-0.2, -0.15) is 4.68 Å². The largest absolute Gasteiger partial charge is 0.447 e. The third-order valence-corrected chi connectivity index (χ3v) is 5.24. The van der Waals surface area contributed by atoms with E-state index in [1.807, 2.05) is 17.5 Å². The highest BCUT2D eigenvalue weighted by molar-refractivity contribution is 7.13. The zero-order chi connectivity index (χ0) is 20.2. The lowest BCUT2D eigenvalue weighted by atomic mass is 10.1. The van der Waals surface area contributed by atoms with Crippen LogP contribution in [0.15, 0.2) is 57.1 Å². The minimum atomic E-state index is -1.03. The Bertz CT molecular complexity index is 1040. The fraction of sp³-hybridized carbons (Fsp3) is 0.300. The van der Waals surface area contributed by atoms with Gasteiger partial charge in [-0.15, -0.1) is 16.4 Å². The van der Waals surface area contributed by atoms with E-state index in [1.165, 1.54) is 11.3 Å². The Labute approximate surface area is 170 Å². The van der Waals surface area contributed by atoms with Crippen LogP contribution in [0.3, 0.4) is 0 Å². The highest BCUT2D eigenvalue weighted by Gasteiger charge is 2.30. The van der Waals surface area contributed by atoms with E-state index in [4.69, 9.17) is 9.15 Å². The van der Waals surface area contributed by atoms with Gasteiger partial charge in [0.15, 0.2) is 0 Å². The molecule has 29 heavy (non-hydrogen) atoms. The molecule has 0 aliphatic heterocycles. The number of ether oxygens (including phenoxy) is 1. The van der Waals surface area contributed by atoms with Crippen LogP contribution < -0.4 is 11.1 Å². The van der Waals surface area contributed by atoms with E-state index in [0.717, 1.165) is 22.4 Å². The predicted molar refractivity (Wildman–Crippen MR) is 105 cm³/mol. The second-order valence-corrected chi connectivity index (χ2v) is 7.63. The molecule has 0 radical (unpaired) electrons. The van der Waals surface area contributed by atoms with Crippen LogP contribution >= 0.6 is 11.3 Å². The zero-order valence-corrected chi connectivity index (χ0v) is 16.3. The Morgan fingerprint density at radius 1 is 1.24 bits per heavy atom. The van der Waals surface area contributed by atoms with Crippen LogP contribution in [0.5, 0.6) is 0 Å². The highest BCUT2D eigenvalue weighted by atomic mass is 32.1. The van der Waals surface area contributed by atoms with E-state index in [0.29, 0.717) is 5.56 Å². The summed E-state index contributed by atoms with van der Waals surface area (Å²) in [6.45, 7) is -0.00169. The summed E-state index contributed by atoms with van der Waals surface area (Å²) >= 11 is 1.40. The summed E-state index contributed by atoms with van der Waals surface area (Å²) in [4.78, 5) is 37.6. The van der Waals surface area contributed by atoms with Crippen molar-refractivity contribution in [2.24, 2.45) is 0 Å². The molecule has 1 aliphatic rings. The first-order valence-corrected chi connectivity index (χ1v) is 10.1. The molecule has 1 fully saturated rings. The molecule has 8 nitrogen and oxygen atoms in total. The number of carbonyl (C=O) groups is 2. The van der Waals surface area contributed by atoms with Crippen LogP contribution in [0.25, 0.3) is 10.8 Å². The minimum absolute atomic E-state index is 0.00169. The molecule has 150 valence electrons. The number of rotatable bonds is 8. The van der Waals surface area contributed by atoms with Crippen LogP contribution in [0.2, 0.25) is 0 Å². The molecule has 0 saturated heterocycles. The van der Waals surface area contributed by atoms with Crippen molar-refractivity contribution in [1.82, 2.24) is 15.1 Å². The van der Waals surface area contributed by atoms with Crippen molar-refractivity contribution in [3.05, 3.63) is 64.0 Å². The van der Waals surface area contributed by atoms with Crippen molar-refractivity contribution in [3.8, 4) is 10.8 Å². The molecule has 0 spiro atoms. The number of thiophene rings is 1. The quantitative estimate of drug-likeness (QED) is 0.569. The van der Waals surface area contributed by atoms with E-state index < -0.39 is 17.8 Å². The first kappa shape index (κ1) is 19.1. The number of esters is 1. The third-order valence-electron chi connectivity index (χ3n) is 4.38. The maximum atomic E-state index is 12.5. The summed E-state index contributed by atoms with van der Waals surface area (Å²) in [5, 5.41) is 8.82. The van der Waals surface area contributed by atoms with Gasteiger partial charge in [0.25, 0.3) is 11.8 Å². The van der Waals surface area contributed by atoms with Crippen molar-refractivity contribution in [3.63, 3.8) is 0 Å². The molecule has 4 rings (SSSR count). The molecule has 1 aromatic carbocycles. The van der Waals surface area contributed by atoms with E-state index in [2.05, 4.69) is 10.4 Å². The third kappa shape index (κ3) is 4.80. The Balaban J connectivity index is 1.40. The van der Waals surface area contributed by atoms with Crippen molar-refractivity contribution in [2.75, 3.05) is 0 Å². The monoisotopic (exact) mass is 413 g/mol. The van der Waals surface area contributed by atoms with E-state index >= 15 is 0 Å². The summed E-state index contributed by atoms with van der Waals surface area (Å²) in [6.07, 6.45) is 0.724. The summed E-state index contributed by atoms with van der Waals surface area (Å²) in [5.74, 6) is -1.38. The van der Waals surface area contributed by atoms with Gasteiger partial charge in [-0.3, -0.25) is 9.59 Å². The molecule has 1 atom stereocenters. The molecule has 1 unspecified atom stereocenters. The molecule has 1 amide bonds. The number of carbonyl (C=O) groups excluding carboxylic acids is 2. The Hall–Kier alpha value is -3.20. The van der Waals surface area contributed by atoms with Crippen LogP contribution in [-0.4, -0.2) is 27.7 Å². The average molecular weight is 413 g/mol. The molecule has 1 N–H and O–H groups in total. The Morgan fingerprint density at radius 3 is 2.72 bits per heavy atom. The normalized spacial score (nSPS) is 14.3. The summed E-state index contributed by atoms with van der Waals surface area (Å²) in [5.41, 5.74) is 0.595. The molecule has 2 heterocycles. The number of aromatic nitrogens is 2. The maximum absolute atomic E-state index is 12.5. The first-order valence-electron chi connectivity index (χ1n) is 9.27. The van der Waals surface area contributed by atoms with Crippen LogP contribution in [0.4, 0.5) is 0 Å². The van der Waals surface area contributed by atoms with Crippen LogP contribution in [-0.2, 0) is 20.9 Å². The number of hydrogen-bond acceptors (Lipinski definition) is 7. The summed E-state index contributed by atoms with van der Waals surface area (Å²) in [7, 11) is 0. The van der Waals surface area contributed by atoms with Gasteiger partial charge in [0.1, 0.15) is 0 Å². The lowest BCUT2D eigenvalue weighted by Crippen LogP contribution is -2.33. The Morgan fingerprint density at radius 2 is 2.03 bits per heavy atom. The smallest absolute Gasteiger partial charge is 0.437 e. The highest BCUT2D eigenvalue weighted by Crippen LogP contribution is 2.24. The molecular formula is C20H19N3O5S. The molecule has 0 bridgehead atoms. The fourth-order valence-electron chi connectivity index (χ4n) is 2.74. The molecule has 1 aliphatic carbocycles. The van der Waals surface area contributed by atoms with Gasteiger partial charge < -0.3 is 14.5 Å². The van der Waals surface area contributed by atoms with Gasteiger partial charge in [-0.25, -0.2) is 4.79 Å². The van der Waals surface area contributed by atoms with Crippen molar-refractivity contribution in [2.45, 2.75) is 38.0 Å². The number of hydrogen-bond donors (Lipinski definition) is 1. The maximum Gasteiger partial charge on any atom is 0.437 e. The second kappa shape index (κ2) is 8.44. The second-order valence-electron chi connectivity index (χ2n) is 6.69. The molecule has 1 saturated carbocycles. The number of nitrogens with one attached hydrogen (secondary N) is 1. The topological polar surface area (TPSA) is 103 Å². The molecular weight excluding hydrogens is 394 g/mol. The van der Waals surface area contributed by atoms with E-state index in [9.17, 15) is 14.4 Å². The lowest BCUT2D eigenvalue weighted by Gasteiger charge is -2.18. The van der Waals surface area contributed by atoms with Crippen molar-refractivity contribution < 1.29 is 18.7 Å².